The van der Waals surface area contributed by atoms with E-state index in [1.165, 1.54) is 6.07 Å². The zero-order chi connectivity index (χ0) is 12.3. The van der Waals surface area contributed by atoms with E-state index in [-0.39, 0.29) is 5.82 Å². The summed E-state index contributed by atoms with van der Waals surface area (Å²) in [6.45, 7) is 1.82. The predicted octanol–water partition coefficient (Wildman–Crippen LogP) is 3.14. The molecule has 1 heterocycles. The van der Waals surface area contributed by atoms with E-state index in [4.69, 9.17) is 5.26 Å². The topological polar surface area (TPSA) is 48.7 Å². The van der Waals surface area contributed by atoms with Crippen molar-refractivity contribution in [3.63, 3.8) is 0 Å². The summed E-state index contributed by atoms with van der Waals surface area (Å²) in [7, 11) is 0. The van der Waals surface area contributed by atoms with Crippen LogP contribution < -0.4 is 5.32 Å². The van der Waals surface area contributed by atoms with Gasteiger partial charge in [-0.1, -0.05) is 12.1 Å². The monoisotopic (exact) mass is 227 g/mol. The van der Waals surface area contributed by atoms with Crippen molar-refractivity contribution in [2.24, 2.45) is 0 Å². The predicted molar refractivity (Wildman–Crippen MR) is 63.4 cm³/mol. The van der Waals surface area contributed by atoms with Gasteiger partial charge in [-0.25, -0.2) is 9.37 Å². The van der Waals surface area contributed by atoms with Crippen molar-refractivity contribution in [2.75, 3.05) is 5.32 Å². The Morgan fingerprint density at radius 3 is 2.82 bits per heavy atom. The third-order valence-corrected chi connectivity index (χ3v) is 2.25. The standard InChI is InChI=1S/C13H10FN3/c1-9-5-6-12(11(14)7-9)17-13-4-2-3-10(8-15)16-13/h2-7H,1H3,(H,16,17). The van der Waals surface area contributed by atoms with Crippen LogP contribution in [0.4, 0.5) is 15.9 Å². The molecule has 0 aliphatic heterocycles. The van der Waals surface area contributed by atoms with Gasteiger partial charge in [-0.05, 0) is 36.8 Å². The highest BCUT2D eigenvalue weighted by molar-refractivity contribution is 5.57. The Balaban J connectivity index is 2.28. The number of aryl methyl sites for hydroxylation is 1. The normalized spacial score (nSPS) is 9.71. The number of nitrogens with one attached hydrogen (secondary N) is 1. The summed E-state index contributed by atoms with van der Waals surface area (Å²) in [4.78, 5) is 4.01. The minimum atomic E-state index is -0.339. The molecule has 17 heavy (non-hydrogen) atoms. The van der Waals surface area contributed by atoms with Gasteiger partial charge < -0.3 is 5.32 Å². The fraction of sp³-hybridized carbons (Fsp3) is 0.0769. The maximum Gasteiger partial charge on any atom is 0.146 e. The molecule has 1 aromatic carbocycles. The van der Waals surface area contributed by atoms with Gasteiger partial charge in [-0.15, -0.1) is 0 Å². The molecule has 4 heteroatoms. The summed E-state index contributed by atoms with van der Waals surface area (Å²) in [5.41, 5.74) is 1.49. The van der Waals surface area contributed by atoms with Gasteiger partial charge in [0.15, 0.2) is 0 Å². The fourth-order valence-corrected chi connectivity index (χ4v) is 1.43. The summed E-state index contributed by atoms with van der Waals surface area (Å²) in [6, 6.07) is 11.8. The number of rotatable bonds is 2. The van der Waals surface area contributed by atoms with Crippen molar-refractivity contribution in [1.82, 2.24) is 4.98 Å². The second kappa shape index (κ2) is 4.62. The lowest BCUT2D eigenvalue weighted by atomic mass is 10.2. The smallest absolute Gasteiger partial charge is 0.146 e. The highest BCUT2D eigenvalue weighted by Gasteiger charge is 2.03. The fourth-order valence-electron chi connectivity index (χ4n) is 1.43. The number of pyridine rings is 1. The molecule has 0 saturated heterocycles. The van der Waals surface area contributed by atoms with Gasteiger partial charge in [0.2, 0.25) is 0 Å². The third-order valence-electron chi connectivity index (χ3n) is 2.25. The first-order valence-corrected chi connectivity index (χ1v) is 5.09. The molecule has 0 unspecified atom stereocenters. The van der Waals surface area contributed by atoms with Gasteiger partial charge in [0.1, 0.15) is 23.4 Å². The van der Waals surface area contributed by atoms with Crippen molar-refractivity contribution >= 4 is 11.5 Å². The lowest BCUT2D eigenvalue weighted by molar-refractivity contribution is 0.630. The number of benzene rings is 1. The minimum Gasteiger partial charge on any atom is -0.338 e. The van der Waals surface area contributed by atoms with E-state index in [9.17, 15) is 4.39 Å². The Hall–Kier alpha value is -2.41. The van der Waals surface area contributed by atoms with E-state index >= 15 is 0 Å². The van der Waals surface area contributed by atoms with Crippen molar-refractivity contribution in [1.29, 1.82) is 5.26 Å². The van der Waals surface area contributed by atoms with Crippen molar-refractivity contribution in [2.45, 2.75) is 6.92 Å². The van der Waals surface area contributed by atoms with Crippen LogP contribution in [-0.4, -0.2) is 4.98 Å². The van der Waals surface area contributed by atoms with Crippen LogP contribution in [0.5, 0.6) is 0 Å². The molecule has 0 spiro atoms. The number of nitriles is 1. The van der Waals surface area contributed by atoms with E-state index in [2.05, 4.69) is 10.3 Å². The lowest BCUT2D eigenvalue weighted by Crippen LogP contribution is -1.97. The summed E-state index contributed by atoms with van der Waals surface area (Å²) < 4.78 is 13.6. The van der Waals surface area contributed by atoms with E-state index < -0.39 is 0 Å². The number of aromatic nitrogens is 1. The van der Waals surface area contributed by atoms with Crippen LogP contribution in [0, 0.1) is 24.1 Å². The Labute approximate surface area is 98.5 Å². The second-order valence-corrected chi connectivity index (χ2v) is 3.63. The molecule has 1 aromatic heterocycles. The van der Waals surface area contributed by atoms with Gasteiger partial charge in [-0.3, -0.25) is 0 Å². The zero-order valence-corrected chi connectivity index (χ0v) is 9.24. The molecular formula is C13H10FN3. The van der Waals surface area contributed by atoms with Gasteiger partial charge >= 0.3 is 0 Å². The molecule has 0 bridgehead atoms. The Morgan fingerprint density at radius 1 is 1.29 bits per heavy atom. The summed E-state index contributed by atoms with van der Waals surface area (Å²) in [5, 5.41) is 11.5. The molecule has 0 fully saturated rings. The van der Waals surface area contributed by atoms with E-state index in [1.807, 2.05) is 13.0 Å². The summed E-state index contributed by atoms with van der Waals surface area (Å²) in [6.07, 6.45) is 0. The molecule has 0 amide bonds. The zero-order valence-electron chi connectivity index (χ0n) is 9.24. The maximum absolute atomic E-state index is 13.6. The molecule has 84 valence electrons. The van der Waals surface area contributed by atoms with Crippen molar-refractivity contribution in [3.05, 3.63) is 53.5 Å². The van der Waals surface area contributed by atoms with Gasteiger partial charge in [-0.2, -0.15) is 5.26 Å². The van der Waals surface area contributed by atoms with Crippen LogP contribution >= 0.6 is 0 Å². The number of hydrogen-bond donors (Lipinski definition) is 1. The van der Waals surface area contributed by atoms with E-state index in [1.54, 1.807) is 30.3 Å². The average Bonchev–Trinajstić information content (AvgIpc) is 2.33. The molecule has 0 aliphatic rings. The highest BCUT2D eigenvalue weighted by atomic mass is 19.1. The lowest BCUT2D eigenvalue weighted by Gasteiger charge is -2.07. The van der Waals surface area contributed by atoms with Crippen LogP contribution in [0.15, 0.2) is 36.4 Å². The SMILES string of the molecule is Cc1ccc(Nc2cccc(C#N)n2)c(F)c1. The average molecular weight is 227 g/mol. The van der Waals surface area contributed by atoms with E-state index in [0.29, 0.717) is 17.2 Å². The first-order chi connectivity index (χ1) is 8.19. The third kappa shape index (κ3) is 2.58. The highest BCUT2D eigenvalue weighted by Crippen LogP contribution is 2.19. The molecule has 0 atom stereocenters. The maximum atomic E-state index is 13.6. The van der Waals surface area contributed by atoms with Gasteiger partial charge in [0.05, 0.1) is 5.69 Å². The largest absolute Gasteiger partial charge is 0.338 e. The summed E-state index contributed by atoms with van der Waals surface area (Å²) >= 11 is 0. The molecule has 0 saturated carbocycles. The molecule has 0 aliphatic carbocycles. The van der Waals surface area contributed by atoms with E-state index in [0.717, 1.165) is 5.56 Å². The number of nitrogens with zero attached hydrogens (tertiary/aromatic N) is 2. The number of halogens is 1. The molecule has 3 nitrogen and oxygen atoms in total. The number of anilines is 2. The Kier molecular flexibility index (Phi) is 3.01. The van der Waals surface area contributed by atoms with Crippen molar-refractivity contribution < 1.29 is 4.39 Å². The first-order valence-electron chi connectivity index (χ1n) is 5.09. The van der Waals surface area contributed by atoms with Crippen LogP contribution in [0.25, 0.3) is 0 Å². The van der Waals surface area contributed by atoms with Gasteiger partial charge in [0.25, 0.3) is 0 Å². The van der Waals surface area contributed by atoms with Crippen LogP contribution in [0.2, 0.25) is 0 Å². The second-order valence-electron chi connectivity index (χ2n) is 3.63. The molecule has 0 radical (unpaired) electrons. The van der Waals surface area contributed by atoms with Crippen molar-refractivity contribution in [3.8, 4) is 6.07 Å². The van der Waals surface area contributed by atoms with Crippen LogP contribution in [0.1, 0.15) is 11.3 Å². The summed E-state index contributed by atoms with van der Waals surface area (Å²) in [5.74, 6) is 0.112. The number of hydrogen-bond acceptors (Lipinski definition) is 3. The van der Waals surface area contributed by atoms with Crippen LogP contribution in [0.3, 0.4) is 0 Å². The Bertz CT molecular complexity index is 587. The molecular weight excluding hydrogens is 217 g/mol. The van der Waals surface area contributed by atoms with Crippen LogP contribution in [-0.2, 0) is 0 Å². The molecule has 2 rings (SSSR count). The van der Waals surface area contributed by atoms with Gasteiger partial charge in [0, 0.05) is 0 Å². The first kappa shape index (κ1) is 11.1. The molecule has 2 aromatic rings. The quantitative estimate of drug-likeness (QED) is 0.857. The molecule has 1 N–H and O–H groups in total. The minimum absolute atomic E-state index is 0.294. The Morgan fingerprint density at radius 2 is 2.12 bits per heavy atom.